The van der Waals surface area contributed by atoms with Crippen molar-refractivity contribution in [2.45, 2.75) is 30.5 Å². The first kappa shape index (κ1) is 16.4. The van der Waals surface area contributed by atoms with Crippen LogP contribution in [0.15, 0.2) is 30.3 Å². The molecular weight excluding hydrogens is 268 g/mol. The second-order valence-electron chi connectivity index (χ2n) is 4.27. The van der Waals surface area contributed by atoms with Gasteiger partial charge in [-0.15, -0.1) is 0 Å². The second kappa shape index (κ2) is 7.22. The van der Waals surface area contributed by atoms with Crippen molar-refractivity contribution in [1.82, 2.24) is 0 Å². The van der Waals surface area contributed by atoms with Crippen molar-refractivity contribution in [3.8, 4) is 0 Å². The highest BCUT2D eigenvalue weighted by atomic mass is 16.4. The molecule has 0 spiro atoms. The average Bonchev–Trinajstić information content (AvgIpc) is 2.51. The highest BCUT2D eigenvalue weighted by Crippen LogP contribution is 2.12. The minimum atomic E-state index is -2.06. The van der Waals surface area contributed by atoms with Gasteiger partial charge in [-0.1, -0.05) is 30.3 Å². The van der Waals surface area contributed by atoms with Crippen LogP contribution in [0.3, 0.4) is 0 Å². The van der Waals surface area contributed by atoms with E-state index in [4.69, 9.17) is 5.11 Å². The van der Waals surface area contributed by atoms with Gasteiger partial charge in [-0.2, -0.15) is 0 Å². The van der Waals surface area contributed by atoms with Crippen molar-refractivity contribution in [1.29, 1.82) is 0 Å². The van der Waals surface area contributed by atoms with E-state index in [-0.39, 0.29) is 11.8 Å². The largest absolute Gasteiger partial charge is 0.387 e. The van der Waals surface area contributed by atoms with E-state index in [0.717, 1.165) is 0 Å². The first-order valence-electron chi connectivity index (χ1n) is 5.85. The zero-order chi connectivity index (χ0) is 15.3. The molecule has 1 aromatic rings. The Morgan fingerprint density at radius 1 is 0.900 bits per heavy atom. The van der Waals surface area contributed by atoms with Crippen LogP contribution in [0, 0.1) is 0 Å². The van der Waals surface area contributed by atoms with Gasteiger partial charge in [-0.3, -0.25) is 4.79 Å². The number of aldehydes is 1. The van der Waals surface area contributed by atoms with Crippen LogP contribution in [-0.4, -0.2) is 68.1 Å². The van der Waals surface area contributed by atoms with Crippen LogP contribution in [0.25, 0.3) is 0 Å². The molecule has 0 saturated heterocycles. The van der Waals surface area contributed by atoms with Crippen molar-refractivity contribution in [3.63, 3.8) is 0 Å². The van der Waals surface area contributed by atoms with Gasteiger partial charge < -0.3 is 30.3 Å². The fourth-order valence-electron chi connectivity index (χ4n) is 1.60. The van der Waals surface area contributed by atoms with Crippen molar-refractivity contribution in [2.24, 2.45) is 0 Å². The number of rotatable bonds is 7. The predicted octanol–water partition coefficient (Wildman–Crippen LogP) is -2.13. The number of hydrogen-bond acceptors (Lipinski definition) is 7. The zero-order valence-corrected chi connectivity index (χ0v) is 10.4. The maximum absolute atomic E-state index is 11.8. The normalized spacial score (nSPS) is 18.6. The quantitative estimate of drug-likeness (QED) is 0.285. The van der Waals surface area contributed by atoms with Gasteiger partial charge >= 0.3 is 0 Å². The molecule has 0 aliphatic carbocycles. The molecule has 0 fully saturated rings. The summed E-state index contributed by atoms with van der Waals surface area (Å²) in [5, 5.41) is 47.2. The van der Waals surface area contributed by atoms with Gasteiger partial charge in [0.2, 0.25) is 0 Å². The third kappa shape index (κ3) is 3.69. The fraction of sp³-hybridized carbons (Fsp3) is 0.385. The van der Waals surface area contributed by atoms with Crippen molar-refractivity contribution in [3.05, 3.63) is 35.9 Å². The van der Waals surface area contributed by atoms with Gasteiger partial charge in [0.1, 0.15) is 30.5 Å². The molecule has 0 aromatic heterocycles. The number of Topliss-reactive ketones (excluding diaryl/α,β-unsaturated/α-hetero) is 1. The van der Waals surface area contributed by atoms with Crippen LogP contribution in [-0.2, 0) is 4.79 Å². The third-order valence-electron chi connectivity index (χ3n) is 2.84. The van der Waals surface area contributed by atoms with Crippen molar-refractivity contribution in [2.75, 3.05) is 0 Å². The second-order valence-corrected chi connectivity index (χ2v) is 4.27. The summed E-state index contributed by atoms with van der Waals surface area (Å²) < 4.78 is 0. The molecule has 0 aliphatic rings. The number of aliphatic hydroxyl groups excluding tert-OH is 5. The molecule has 20 heavy (non-hydrogen) atoms. The van der Waals surface area contributed by atoms with Crippen LogP contribution in [0.2, 0.25) is 0 Å². The van der Waals surface area contributed by atoms with Gasteiger partial charge in [-0.25, -0.2) is 0 Å². The summed E-state index contributed by atoms with van der Waals surface area (Å²) in [5.74, 6) is -0.857. The first-order valence-corrected chi connectivity index (χ1v) is 5.85. The Labute approximate surface area is 114 Å². The lowest BCUT2D eigenvalue weighted by Crippen LogP contribution is -2.51. The van der Waals surface area contributed by atoms with E-state index >= 15 is 0 Å². The highest BCUT2D eigenvalue weighted by molar-refractivity contribution is 5.99. The average molecular weight is 284 g/mol. The van der Waals surface area contributed by atoms with E-state index in [0.29, 0.717) is 0 Å². The summed E-state index contributed by atoms with van der Waals surface area (Å²) in [6.45, 7) is 0. The number of carbonyl (C=O) groups is 2. The van der Waals surface area contributed by atoms with Gasteiger partial charge in [0, 0.05) is 5.56 Å². The van der Waals surface area contributed by atoms with Crippen LogP contribution in [0.4, 0.5) is 0 Å². The summed E-state index contributed by atoms with van der Waals surface area (Å²) in [5.41, 5.74) is 0.108. The maximum Gasteiger partial charge on any atom is 0.194 e. The van der Waals surface area contributed by atoms with Gasteiger partial charge in [0.05, 0.1) is 0 Å². The van der Waals surface area contributed by atoms with Crippen LogP contribution in [0.1, 0.15) is 10.4 Å². The van der Waals surface area contributed by atoms with Crippen molar-refractivity contribution >= 4 is 12.1 Å². The minimum absolute atomic E-state index is 0.0357. The molecule has 0 amide bonds. The Bertz CT molecular complexity index is 447. The summed E-state index contributed by atoms with van der Waals surface area (Å²) in [6.07, 6.45) is -10.1. The highest BCUT2D eigenvalue weighted by Gasteiger charge is 2.37. The molecule has 7 nitrogen and oxygen atoms in total. The molecule has 0 saturated carbocycles. The molecule has 0 bridgehead atoms. The fourth-order valence-corrected chi connectivity index (χ4v) is 1.60. The Hall–Kier alpha value is -1.64. The van der Waals surface area contributed by atoms with Crippen LogP contribution < -0.4 is 0 Å². The van der Waals surface area contributed by atoms with Gasteiger partial charge in [-0.05, 0) is 0 Å². The lowest BCUT2D eigenvalue weighted by Gasteiger charge is -2.26. The SMILES string of the molecule is O=C[C@H](O)[C@@H](O)[C@H](O)[C@H](O)C(O)C(=O)c1ccccc1. The molecule has 1 unspecified atom stereocenters. The van der Waals surface area contributed by atoms with E-state index in [1.54, 1.807) is 18.2 Å². The molecule has 1 aromatic carbocycles. The topological polar surface area (TPSA) is 135 Å². The lowest BCUT2D eigenvalue weighted by molar-refractivity contribution is -0.140. The number of aliphatic hydroxyl groups is 5. The molecule has 7 heteroatoms. The summed E-state index contributed by atoms with van der Waals surface area (Å²) in [6, 6.07) is 7.56. The van der Waals surface area contributed by atoms with E-state index < -0.39 is 36.3 Å². The van der Waals surface area contributed by atoms with Gasteiger partial charge in [0.15, 0.2) is 12.1 Å². The Balaban J connectivity index is 2.78. The Kier molecular flexibility index (Phi) is 5.93. The molecule has 5 N–H and O–H groups in total. The lowest BCUT2D eigenvalue weighted by atomic mass is 9.95. The first-order chi connectivity index (χ1) is 9.40. The van der Waals surface area contributed by atoms with E-state index in [1.807, 2.05) is 0 Å². The monoisotopic (exact) mass is 284 g/mol. The molecule has 0 aliphatic heterocycles. The standard InChI is InChI=1S/C13H16O7/c14-6-8(15)10(17)12(19)13(20)11(18)9(16)7-4-2-1-3-5-7/h1-6,8,10-13,15,17-20H/t8-,10+,11?,12-,13+/m0/s1. The molecule has 0 heterocycles. The summed E-state index contributed by atoms with van der Waals surface area (Å²) in [4.78, 5) is 22.1. The van der Waals surface area contributed by atoms with E-state index in [9.17, 15) is 30.0 Å². The minimum Gasteiger partial charge on any atom is -0.387 e. The summed E-state index contributed by atoms with van der Waals surface area (Å²) in [7, 11) is 0. The molecule has 5 atom stereocenters. The van der Waals surface area contributed by atoms with E-state index in [1.165, 1.54) is 12.1 Å². The Morgan fingerprint density at radius 2 is 1.45 bits per heavy atom. The number of hydrogen-bond donors (Lipinski definition) is 5. The maximum atomic E-state index is 11.8. The van der Waals surface area contributed by atoms with Crippen LogP contribution >= 0.6 is 0 Å². The molecule has 1 rings (SSSR count). The summed E-state index contributed by atoms with van der Waals surface area (Å²) >= 11 is 0. The number of benzene rings is 1. The third-order valence-corrected chi connectivity index (χ3v) is 2.84. The molecule has 110 valence electrons. The Morgan fingerprint density at radius 3 is 1.95 bits per heavy atom. The molecular formula is C13H16O7. The van der Waals surface area contributed by atoms with E-state index in [2.05, 4.69) is 0 Å². The smallest absolute Gasteiger partial charge is 0.194 e. The number of ketones is 1. The van der Waals surface area contributed by atoms with Crippen molar-refractivity contribution < 1.29 is 35.1 Å². The number of carbonyl (C=O) groups excluding carboxylic acids is 2. The van der Waals surface area contributed by atoms with Gasteiger partial charge in [0.25, 0.3) is 0 Å². The molecule has 0 radical (unpaired) electrons. The predicted molar refractivity (Wildman–Crippen MR) is 66.9 cm³/mol. The van der Waals surface area contributed by atoms with Crippen LogP contribution in [0.5, 0.6) is 0 Å². The zero-order valence-electron chi connectivity index (χ0n) is 10.4.